The van der Waals surface area contributed by atoms with Gasteiger partial charge in [0.25, 0.3) is 0 Å². The molecule has 1 fully saturated rings. The first-order chi connectivity index (χ1) is 15.1. The van der Waals surface area contributed by atoms with Crippen molar-refractivity contribution in [2.24, 2.45) is 12.0 Å². The number of nitrogens with zero attached hydrogens (tertiary/aromatic N) is 4. The molecule has 2 heterocycles. The molecular formula is C22H34N6O3. The summed E-state index contributed by atoms with van der Waals surface area (Å²) in [6.45, 7) is 7.36. The Morgan fingerprint density at radius 1 is 1.19 bits per heavy atom. The van der Waals surface area contributed by atoms with E-state index in [0.717, 1.165) is 61.4 Å². The molecule has 2 aromatic rings. The minimum atomic E-state index is 0.144. The van der Waals surface area contributed by atoms with E-state index in [-0.39, 0.29) is 6.04 Å². The summed E-state index contributed by atoms with van der Waals surface area (Å²) in [7, 11) is 5.23. The maximum Gasteiger partial charge on any atom is 0.191 e. The fourth-order valence-corrected chi connectivity index (χ4v) is 3.67. The number of nitrogens with one attached hydrogen (secondary N) is 2. The Morgan fingerprint density at radius 3 is 2.61 bits per heavy atom. The number of guanidine groups is 1. The number of aryl methyl sites for hydroxylation is 1. The van der Waals surface area contributed by atoms with E-state index >= 15 is 0 Å². The molecule has 0 radical (unpaired) electrons. The first kappa shape index (κ1) is 22.9. The SMILES string of the molecule is CCNC(=NCc1cnn(C)c1)NCC(c1ccc(OC)c(OC)c1)N1CCOCC1. The van der Waals surface area contributed by atoms with Crippen molar-refractivity contribution in [3.8, 4) is 11.5 Å². The van der Waals surface area contributed by atoms with E-state index in [1.807, 2.05) is 25.5 Å². The lowest BCUT2D eigenvalue weighted by atomic mass is 10.0. The number of hydrogen-bond donors (Lipinski definition) is 2. The van der Waals surface area contributed by atoms with Crippen LogP contribution in [0.25, 0.3) is 0 Å². The highest BCUT2D eigenvalue weighted by molar-refractivity contribution is 5.79. The van der Waals surface area contributed by atoms with E-state index < -0.39 is 0 Å². The Kier molecular flexibility index (Phi) is 8.54. The average Bonchev–Trinajstić information content (AvgIpc) is 3.23. The number of methoxy groups -OCH3 is 2. The lowest BCUT2D eigenvalue weighted by Crippen LogP contribution is -2.46. The summed E-state index contributed by atoms with van der Waals surface area (Å²) < 4.78 is 18.3. The number of hydrogen-bond acceptors (Lipinski definition) is 6. The summed E-state index contributed by atoms with van der Waals surface area (Å²) in [5.74, 6) is 2.24. The van der Waals surface area contributed by atoms with Gasteiger partial charge in [-0.15, -0.1) is 0 Å². The minimum absolute atomic E-state index is 0.144. The topological polar surface area (TPSA) is 85.2 Å². The van der Waals surface area contributed by atoms with Crippen molar-refractivity contribution < 1.29 is 14.2 Å². The molecule has 1 aromatic heterocycles. The summed E-state index contributed by atoms with van der Waals surface area (Å²) in [5.41, 5.74) is 2.24. The lowest BCUT2D eigenvalue weighted by molar-refractivity contribution is 0.0169. The molecule has 0 spiro atoms. The zero-order valence-corrected chi connectivity index (χ0v) is 18.9. The predicted octanol–water partition coefficient (Wildman–Crippen LogP) is 1.57. The van der Waals surface area contributed by atoms with Gasteiger partial charge in [-0.2, -0.15) is 5.10 Å². The van der Waals surface area contributed by atoms with Crippen LogP contribution in [0.15, 0.2) is 35.6 Å². The van der Waals surface area contributed by atoms with Crippen molar-refractivity contribution in [1.29, 1.82) is 0 Å². The summed E-state index contributed by atoms with van der Waals surface area (Å²) >= 11 is 0. The summed E-state index contributed by atoms with van der Waals surface area (Å²) in [6, 6.07) is 6.26. The maximum absolute atomic E-state index is 5.57. The standard InChI is InChI=1S/C22H34N6O3/c1-5-23-22(24-13-17-14-26-27(2)16-17)25-15-19(28-8-10-31-11-9-28)18-6-7-20(29-3)21(12-18)30-4/h6-7,12,14,16,19H,5,8-11,13,15H2,1-4H3,(H2,23,24,25). The van der Waals surface area contributed by atoms with Gasteiger partial charge in [0.05, 0.1) is 46.2 Å². The van der Waals surface area contributed by atoms with Crippen molar-refractivity contribution >= 4 is 5.96 Å². The van der Waals surface area contributed by atoms with Gasteiger partial charge in [0, 0.05) is 45.0 Å². The molecule has 0 amide bonds. The van der Waals surface area contributed by atoms with Crippen LogP contribution in [0.3, 0.4) is 0 Å². The van der Waals surface area contributed by atoms with E-state index in [1.165, 1.54) is 0 Å². The van der Waals surface area contributed by atoms with E-state index in [2.05, 4.69) is 39.7 Å². The number of morpholine rings is 1. The second-order valence-electron chi connectivity index (χ2n) is 7.38. The molecule has 0 saturated carbocycles. The lowest BCUT2D eigenvalue weighted by Gasteiger charge is -2.35. The molecule has 1 unspecified atom stereocenters. The van der Waals surface area contributed by atoms with Gasteiger partial charge in [-0.05, 0) is 24.6 Å². The third-order valence-electron chi connectivity index (χ3n) is 5.26. The Bertz CT molecular complexity index is 848. The van der Waals surface area contributed by atoms with Crippen LogP contribution < -0.4 is 20.1 Å². The highest BCUT2D eigenvalue weighted by atomic mass is 16.5. The first-order valence-electron chi connectivity index (χ1n) is 10.7. The van der Waals surface area contributed by atoms with Crippen molar-refractivity contribution in [2.45, 2.75) is 19.5 Å². The van der Waals surface area contributed by atoms with Crippen LogP contribution in [0.2, 0.25) is 0 Å². The quantitative estimate of drug-likeness (QED) is 0.461. The van der Waals surface area contributed by atoms with Crippen LogP contribution in [0.1, 0.15) is 24.1 Å². The predicted molar refractivity (Wildman–Crippen MR) is 121 cm³/mol. The first-order valence-corrected chi connectivity index (χ1v) is 10.7. The van der Waals surface area contributed by atoms with E-state index in [0.29, 0.717) is 13.1 Å². The van der Waals surface area contributed by atoms with Gasteiger partial charge in [0.15, 0.2) is 17.5 Å². The van der Waals surface area contributed by atoms with Crippen LogP contribution in [0, 0.1) is 0 Å². The third-order valence-corrected chi connectivity index (χ3v) is 5.26. The van der Waals surface area contributed by atoms with Crippen molar-refractivity contribution in [3.05, 3.63) is 41.7 Å². The Morgan fingerprint density at radius 2 is 1.97 bits per heavy atom. The normalized spacial score (nSPS) is 16.1. The number of rotatable bonds is 9. The molecule has 9 heteroatoms. The summed E-state index contributed by atoms with van der Waals surface area (Å²) in [6.07, 6.45) is 3.82. The summed E-state index contributed by atoms with van der Waals surface area (Å²) in [5, 5.41) is 11.1. The zero-order valence-electron chi connectivity index (χ0n) is 18.9. The smallest absolute Gasteiger partial charge is 0.191 e. The number of ether oxygens (including phenoxy) is 3. The third kappa shape index (κ3) is 6.35. The number of aromatic nitrogens is 2. The van der Waals surface area contributed by atoms with Crippen molar-refractivity contribution in [3.63, 3.8) is 0 Å². The number of aliphatic imine (C=N–C) groups is 1. The highest BCUT2D eigenvalue weighted by Crippen LogP contribution is 2.32. The molecule has 0 aliphatic carbocycles. The fourth-order valence-electron chi connectivity index (χ4n) is 3.67. The van der Waals surface area contributed by atoms with Crippen molar-refractivity contribution in [2.75, 3.05) is 53.6 Å². The molecule has 1 aliphatic heterocycles. The molecule has 31 heavy (non-hydrogen) atoms. The molecule has 2 N–H and O–H groups in total. The highest BCUT2D eigenvalue weighted by Gasteiger charge is 2.24. The molecule has 1 saturated heterocycles. The maximum atomic E-state index is 5.57. The second-order valence-corrected chi connectivity index (χ2v) is 7.38. The van der Waals surface area contributed by atoms with Gasteiger partial charge < -0.3 is 24.8 Å². The summed E-state index contributed by atoms with van der Waals surface area (Å²) in [4.78, 5) is 7.16. The van der Waals surface area contributed by atoms with Gasteiger partial charge in [-0.25, -0.2) is 4.99 Å². The molecule has 0 bridgehead atoms. The van der Waals surface area contributed by atoms with Gasteiger partial charge >= 0.3 is 0 Å². The van der Waals surface area contributed by atoms with E-state index in [4.69, 9.17) is 19.2 Å². The molecule has 1 aliphatic rings. The second kappa shape index (κ2) is 11.6. The fraction of sp³-hybridized carbons (Fsp3) is 0.545. The van der Waals surface area contributed by atoms with Crippen LogP contribution in [0.4, 0.5) is 0 Å². The monoisotopic (exact) mass is 430 g/mol. The average molecular weight is 431 g/mol. The van der Waals surface area contributed by atoms with Crippen LogP contribution in [0.5, 0.6) is 11.5 Å². The molecule has 9 nitrogen and oxygen atoms in total. The Labute approximate surface area is 184 Å². The zero-order chi connectivity index (χ0) is 22.1. The Hall–Kier alpha value is -2.78. The van der Waals surface area contributed by atoms with Gasteiger partial charge in [0.1, 0.15) is 0 Å². The molecule has 170 valence electrons. The Balaban J connectivity index is 1.77. The van der Waals surface area contributed by atoms with Crippen LogP contribution in [-0.4, -0.2) is 74.3 Å². The number of benzene rings is 1. The van der Waals surface area contributed by atoms with Gasteiger partial charge in [-0.3, -0.25) is 9.58 Å². The van der Waals surface area contributed by atoms with Gasteiger partial charge in [0.2, 0.25) is 0 Å². The molecule has 3 rings (SSSR count). The van der Waals surface area contributed by atoms with Gasteiger partial charge in [-0.1, -0.05) is 6.07 Å². The van der Waals surface area contributed by atoms with E-state index in [1.54, 1.807) is 18.9 Å². The minimum Gasteiger partial charge on any atom is -0.493 e. The van der Waals surface area contributed by atoms with E-state index in [9.17, 15) is 0 Å². The largest absolute Gasteiger partial charge is 0.493 e. The molecular weight excluding hydrogens is 396 g/mol. The van der Waals surface area contributed by atoms with Crippen LogP contribution in [-0.2, 0) is 18.3 Å². The molecule has 1 aromatic carbocycles. The van der Waals surface area contributed by atoms with Crippen LogP contribution >= 0.6 is 0 Å². The van der Waals surface area contributed by atoms with Crippen molar-refractivity contribution in [1.82, 2.24) is 25.3 Å². The molecule has 1 atom stereocenters.